The number of non-ortho nitro benzene ring substituents is 1. The number of nitro benzene ring substituents is 1. The van der Waals surface area contributed by atoms with Crippen LogP contribution in [0.3, 0.4) is 0 Å². The first-order valence-electron chi connectivity index (χ1n) is 6.06. The standard InChI is InChI=1S/C14H10BrN3O3/c1-21-13-5-2-8(6-10(13)15)14-16-11-4-3-9(18(19)20)7-12(11)17-14/h2-7H,1H3,(H,16,17). The Morgan fingerprint density at radius 2 is 2.10 bits per heavy atom. The highest BCUT2D eigenvalue weighted by Gasteiger charge is 2.11. The molecule has 3 aromatic rings. The fourth-order valence-electron chi connectivity index (χ4n) is 2.06. The van der Waals surface area contributed by atoms with E-state index < -0.39 is 4.92 Å². The number of nitro groups is 1. The molecule has 7 heteroatoms. The molecule has 0 bridgehead atoms. The molecule has 6 nitrogen and oxygen atoms in total. The number of methoxy groups -OCH3 is 1. The molecule has 0 saturated carbocycles. The third-order valence-corrected chi connectivity index (χ3v) is 3.72. The first-order chi connectivity index (χ1) is 10.1. The number of imidazole rings is 1. The lowest BCUT2D eigenvalue weighted by molar-refractivity contribution is -0.384. The lowest BCUT2D eigenvalue weighted by atomic mass is 10.2. The molecule has 0 fully saturated rings. The van der Waals surface area contributed by atoms with Gasteiger partial charge in [0.05, 0.1) is 27.5 Å². The van der Waals surface area contributed by atoms with E-state index >= 15 is 0 Å². The second kappa shape index (κ2) is 5.17. The topological polar surface area (TPSA) is 81.1 Å². The average molecular weight is 348 g/mol. The number of H-pyrrole nitrogens is 1. The zero-order chi connectivity index (χ0) is 15.0. The number of hydrogen-bond donors (Lipinski definition) is 1. The van der Waals surface area contributed by atoms with Crippen LogP contribution in [0.2, 0.25) is 0 Å². The van der Waals surface area contributed by atoms with Crippen LogP contribution in [0.25, 0.3) is 22.4 Å². The third kappa shape index (κ3) is 2.47. The van der Waals surface area contributed by atoms with E-state index in [0.717, 1.165) is 15.8 Å². The van der Waals surface area contributed by atoms with Crippen molar-refractivity contribution < 1.29 is 9.66 Å². The smallest absolute Gasteiger partial charge is 0.271 e. The summed E-state index contributed by atoms with van der Waals surface area (Å²) in [7, 11) is 1.60. The number of nitrogens with zero attached hydrogens (tertiary/aromatic N) is 2. The molecule has 21 heavy (non-hydrogen) atoms. The molecule has 0 aliphatic rings. The van der Waals surface area contributed by atoms with Crippen molar-refractivity contribution in [2.45, 2.75) is 0 Å². The van der Waals surface area contributed by atoms with Crippen molar-refractivity contribution in [3.05, 3.63) is 51.0 Å². The van der Waals surface area contributed by atoms with E-state index in [-0.39, 0.29) is 5.69 Å². The van der Waals surface area contributed by atoms with Gasteiger partial charge in [-0.15, -0.1) is 0 Å². The number of aromatic nitrogens is 2. The number of aromatic amines is 1. The van der Waals surface area contributed by atoms with Crippen LogP contribution in [-0.4, -0.2) is 22.0 Å². The molecular weight excluding hydrogens is 338 g/mol. The Hall–Kier alpha value is -2.41. The van der Waals surface area contributed by atoms with Gasteiger partial charge in [-0.1, -0.05) is 0 Å². The van der Waals surface area contributed by atoms with Crippen LogP contribution >= 0.6 is 15.9 Å². The summed E-state index contributed by atoms with van der Waals surface area (Å²) in [5.74, 6) is 1.37. The first kappa shape index (κ1) is 13.6. The van der Waals surface area contributed by atoms with Crippen molar-refractivity contribution >= 4 is 32.7 Å². The Bertz CT molecular complexity index is 845. The van der Waals surface area contributed by atoms with Crippen molar-refractivity contribution in [2.24, 2.45) is 0 Å². The zero-order valence-corrected chi connectivity index (χ0v) is 12.5. The molecule has 1 aromatic heterocycles. The van der Waals surface area contributed by atoms with Gasteiger partial charge >= 0.3 is 0 Å². The molecule has 0 saturated heterocycles. The van der Waals surface area contributed by atoms with Crippen LogP contribution < -0.4 is 4.74 Å². The number of benzene rings is 2. The van der Waals surface area contributed by atoms with E-state index in [1.165, 1.54) is 12.1 Å². The Labute approximate surface area is 128 Å². The summed E-state index contributed by atoms with van der Waals surface area (Å²) < 4.78 is 6.00. The molecule has 0 radical (unpaired) electrons. The molecule has 0 atom stereocenters. The lowest BCUT2D eigenvalue weighted by Gasteiger charge is -2.04. The van der Waals surface area contributed by atoms with Gasteiger partial charge in [0.25, 0.3) is 5.69 Å². The third-order valence-electron chi connectivity index (χ3n) is 3.10. The summed E-state index contributed by atoms with van der Waals surface area (Å²) in [5, 5.41) is 10.8. The highest BCUT2D eigenvalue weighted by Crippen LogP contribution is 2.30. The Kier molecular flexibility index (Phi) is 3.34. The predicted octanol–water partition coefficient (Wildman–Crippen LogP) is 3.91. The number of rotatable bonds is 3. The van der Waals surface area contributed by atoms with Gasteiger partial charge in [-0.05, 0) is 40.2 Å². The van der Waals surface area contributed by atoms with Crippen molar-refractivity contribution in [3.8, 4) is 17.1 Å². The number of ether oxygens (including phenoxy) is 1. The molecule has 3 rings (SSSR count). The Balaban J connectivity index is 2.08. The highest BCUT2D eigenvalue weighted by atomic mass is 79.9. The van der Waals surface area contributed by atoms with Gasteiger partial charge in [-0.3, -0.25) is 10.1 Å². The molecule has 0 unspecified atom stereocenters. The molecule has 106 valence electrons. The maximum Gasteiger partial charge on any atom is 0.271 e. The summed E-state index contributed by atoms with van der Waals surface area (Å²) >= 11 is 3.42. The molecule has 0 amide bonds. The van der Waals surface area contributed by atoms with Gasteiger partial charge in [0.15, 0.2) is 0 Å². The van der Waals surface area contributed by atoms with Crippen molar-refractivity contribution in [3.63, 3.8) is 0 Å². The summed E-state index contributed by atoms with van der Waals surface area (Å²) in [6.07, 6.45) is 0. The quantitative estimate of drug-likeness (QED) is 0.575. The SMILES string of the molecule is COc1ccc(-c2nc3ccc([N+](=O)[O-])cc3[nH]2)cc1Br. The van der Waals surface area contributed by atoms with Gasteiger partial charge in [-0.25, -0.2) is 4.98 Å². The van der Waals surface area contributed by atoms with Gasteiger partial charge in [0.2, 0.25) is 0 Å². The lowest BCUT2D eigenvalue weighted by Crippen LogP contribution is -1.86. The summed E-state index contributed by atoms with van der Waals surface area (Å²) in [6.45, 7) is 0. The van der Waals surface area contributed by atoms with Crippen molar-refractivity contribution in [1.82, 2.24) is 9.97 Å². The number of hydrogen-bond acceptors (Lipinski definition) is 4. The maximum atomic E-state index is 10.8. The first-order valence-corrected chi connectivity index (χ1v) is 6.86. The van der Waals surface area contributed by atoms with Crippen molar-refractivity contribution in [1.29, 1.82) is 0 Å². The minimum atomic E-state index is -0.427. The normalized spacial score (nSPS) is 10.8. The molecule has 2 aromatic carbocycles. The highest BCUT2D eigenvalue weighted by molar-refractivity contribution is 9.10. The Morgan fingerprint density at radius 3 is 2.76 bits per heavy atom. The molecule has 0 aliphatic heterocycles. The van der Waals surface area contributed by atoms with Gasteiger partial charge < -0.3 is 9.72 Å². The minimum Gasteiger partial charge on any atom is -0.496 e. The minimum absolute atomic E-state index is 0.0358. The van der Waals surface area contributed by atoms with E-state index in [0.29, 0.717) is 16.9 Å². The summed E-state index contributed by atoms with van der Waals surface area (Å²) in [5.41, 5.74) is 2.21. The summed E-state index contributed by atoms with van der Waals surface area (Å²) in [4.78, 5) is 17.9. The van der Waals surface area contributed by atoms with Gasteiger partial charge in [-0.2, -0.15) is 0 Å². The fourth-order valence-corrected chi connectivity index (χ4v) is 2.60. The molecule has 0 spiro atoms. The van der Waals surface area contributed by atoms with E-state index in [2.05, 4.69) is 25.9 Å². The van der Waals surface area contributed by atoms with Crippen LogP contribution in [0.5, 0.6) is 5.75 Å². The van der Waals surface area contributed by atoms with Crippen LogP contribution in [0.4, 0.5) is 5.69 Å². The Morgan fingerprint density at radius 1 is 1.29 bits per heavy atom. The average Bonchev–Trinajstić information content (AvgIpc) is 2.89. The number of halogens is 1. The molecule has 0 aliphatic carbocycles. The van der Waals surface area contributed by atoms with E-state index in [1.807, 2.05) is 18.2 Å². The van der Waals surface area contributed by atoms with Crippen LogP contribution in [-0.2, 0) is 0 Å². The van der Waals surface area contributed by atoms with Crippen LogP contribution in [0.15, 0.2) is 40.9 Å². The van der Waals surface area contributed by atoms with E-state index in [4.69, 9.17) is 4.74 Å². The van der Waals surface area contributed by atoms with E-state index in [9.17, 15) is 10.1 Å². The van der Waals surface area contributed by atoms with Crippen molar-refractivity contribution in [2.75, 3.05) is 7.11 Å². The number of fused-ring (bicyclic) bond motifs is 1. The second-order valence-electron chi connectivity index (χ2n) is 4.39. The largest absolute Gasteiger partial charge is 0.496 e. The summed E-state index contributed by atoms with van der Waals surface area (Å²) in [6, 6.07) is 10.1. The monoisotopic (exact) mass is 347 g/mol. The maximum absolute atomic E-state index is 10.8. The van der Waals surface area contributed by atoms with Gasteiger partial charge in [0, 0.05) is 17.7 Å². The molecule has 1 heterocycles. The van der Waals surface area contributed by atoms with Crippen LogP contribution in [0, 0.1) is 10.1 Å². The second-order valence-corrected chi connectivity index (χ2v) is 5.25. The predicted molar refractivity (Wildman–Crippen MR) is 82.4 cm³/mol. The molecular formula is C14H10BrN3O3. The van der Waals surface area contributed by atoms with Crippen LogP contribution in [0.1, 0.15) is 0 Å². The number of nitrogens with one attached hydrogen (secondary N) is 1. The van der Waals surface area contributed by atoms with E-state index in [1.54, 1.807) is 13.2 Å². The zero-order valence-electron chi connectivity index (χ0n) is 11.0. The molecule has 1 N–H and O–H groups in total. The van der Waals surface area contributed by atoms with Gasteiger partial charge in [0.1, 0.15) is 11.6 Å². The fraction of sp³-hybridized carbons (Fsp3) is 0.0714.